The molecule has 12 heavy (non-hydrogen) atoms. The Kier molecular flexibility index (Phi) is 2.73. The number of benzene rings is 1. The number of rotatable bonds is 1. The van der Waals surface area contributed by atoms with Gasteiger partial charge in [-0.05, 0) is 31.9 Å². The molecule has 0 aliphatic rings. The van der Waals surface area contributed by atoms with Crippen LogP contribution in [0.1, 0.15) is 16.7 Å². The van der Waals surface area contributed by atoms with Gasteiger partial charge in [-0.2, -0.15) is 0 Å². The zero-order valence-corrected chi connectivity index (χ0v) is 9.65. The first-order chi connectivity index (χ1) is 5.52. The minimum Gasteiger partial charge on any atom is -0.0671 e. The smallest absolute Gasteiger partial charge is 0.0671 e. The van der Waals surface area contributed by atoms with Crippen LogP contribution in [0.15, 0.2) is 12.1 Å². The SMILES string of the molecule is Cc1cc(C)c([Si](C)C)cc1C. The largest absolute Gasteiger partial charge is 0.0795 e. The fraction of sp³-hybridized carbons (Fsp3) is 0.455. The van der Waals surface area contributed by atoms with Gasteiger partial charge in [0, 0.05) is 0 Å². The molecule has 0 saturated heterocycles. The van der Waals surface area contributed by atoms with Crippen molar-refractivity contribution in [1.29, 1.82) is 0 Å². The van der Waals surface area contributed by atoms with E-state index >= 15 is 0 Å². The summed E-state index contributed by atoms with van der Waals surface area (Å²) in [4.78, 5) is 0. The van der Waals surface area contributed by atoms with Crippen molar-refractivity contribution in [2.75, 3.05) is 0 Å². The molecule has 0 bridgehead atoms. The van der Waals surface area contributed by atoms with Crippen LogP contribution in [0.3, 0.4) is 0 Å². The normalized spacial score (nSPS) is 10.8. The number of hydrogen-bond acceptors (Lipinski definition) is 0. The highest BCUT2D eigenvalue weighted by atomic mass is 28.3. The van der Waals surface area contributed by atoms with Gasteiger partial charge in [-0.1, -0.05) is 36.0 Å². The summed E-state index contributed by atoms with van der Waals surface area (Å²) >= 11 is 0. The van der Waals surface area contributed by atoms with Crippen molar-refractivity contribution in [3.63, 3.8) is 0 Å². The lowest BCUT2D eigenvalue weighted by molar-refractivity contribution is 1.32. The third-order valence-corrected chi connectivity index (χ3v) is 4.00. The van der Waals surface area contributed by atoms with Gasteiger partial charge in [0.05, 0.1) is 8.80 Å². The van der Waals surface area contributed by atoms with E-state index in [4.69, 9.17) is 0 Å². The first kappa shape index (κ1) is 9.52. The van der Waals surface area contributed by atoms with Crippen LogP contribution in [0, 0.1) is 20.8 Å². The molecule has 1 heteroatoms. The summed E-state index contributed by atoms with van der Waals surface area (Å²) in [7, 11) is -0.281. The summed E-state index contributed by atoms with van der Waals surface area (Å²) in [6.45, 7) is 11.3. The molecular formula is C11H17Si. The molecule has 0 unspecified atom stereocenters. The Hall–Kier alpha value is -0.563. The molecular weight excluding hydrogens is 160 g/mol. The third kappa shape index (κ3) is 1.78. The fourth-order valence-electron chi connectivity index (χ4n) is 1.50. The Morgan fingerprint density at radius 3 is 1.83 bits per heavy atom. The van der Waals surface area contributed by atoms with Gasteiger partial charge in [0.1, 0.15) is 0 Å². The molecule has 1 radical (unpaired) electrons. The molecule has 0 N–H and O–H groups in total. The maximum Gasteiger partial charge on any atom is 0.0795 e. The lowest BCUT2D eigenvalue weighted by atomic mass is 10.1. The van der Waals surface area contributed by atoms with Gasteiger partial charge in [-0.25, -0.2) is 0 Å². The van der Waals surface area contributed by atoms with Gasteiger partial charge in [0.2, 0.25) is 0 Å². The van der Waals surface area contributed by atoms with Gasteiger partial charge >= 0.3 is 0 Å². The zero-order chi connectivity index (χ0) is 9.30. The average molecular weight is 177 g/mol. The van der Waals surface area contributed by atoms with E-state index < -0.39 is 0 Å². The second kappa shape index (κ2) is 3.44. The number of aryl methyl sites for hydroxylation is 3. The van der Waals surface area contributed by atoms with Crippen molar-refractivity contribution >= 4 is 14.0 Å². The third-order valence-electron chi connectivity index (χ3n) is 2.38. The predicted octanol–water partition coefficient (Wildman–Crippen LogP) is 2.57. The topological polar surface area (TPSA) is 0 Å². The summed E-state index contributed by atoms with van der Waals surface area (Å²) in [5.74, 6) is 0. The first-order valence-corrected chi connectivity index (χ1v) is 6.90. The van der Waals surface area contributed by atoms with E-state index in [1.54, 1.807) is 5.19 Å². The van der Waals surface area contributed by atoms with Crippen LogP contribution in [-0.2, 0) is 0 Å². The molecule has 65 valence electrons. The maximum atomic E-state index is 2.36. The van der Waals surface area contributed by atoms with Crippen molar-refractivity contribution < 1.29 is 0 Å². The molecule has 1 rings (SSSR count). The summed E-state index contributed by atoms with van der Waals surface area (Å²) in [6, 6.07) is 4.67. The predicted molar refractivity (Wildman–Crippen MR) is 57.8 cm³/mol. The second-order valence-electron chi connectivity index (χ2n) is 3.75. The maximum absolute atomic E-state index is 2.36. The van der Waals surface area contributed by atoms with Crippen LogP contribution in [0.4, 0.5) is 0 Å². The molecule has 0 nitrogen and oxygen atoms in total. The van der Waals surface area contributed by atoms with E-state index in [0.717, 1.165) is 0 Å². The monoisotopic (exact) mass is 177 g/mol. The Morgan fingerprint density at radius 1 is 0.833 bits per heavy atom. The molecule has 0 aromatic heterocycles. The van der Waals surface area contributed by atoms with Gasteiger partial charge in [0.25, 0.3) is 0 Å². The standard InChI is InChI=1S/C11H17Si/c1-8-6-10(3)11(12(4)5)7-9(8)2/h6-7H,1-5H3. The van der Waals surface area contributed by atoms with Crippen LogP contribution in [-0.4, -0.2) is 8.80 Å². The molecule has 1 aromatic rings. The van der Waals surface area contributed by atoms with E-state index in [0.29, 0.717) is 0 Å². The highest BCUT2D eigenvalue weighted by molar-refractivity contribution is 6.71. The second-order valence-corrected chi connectivity index (χ2v) is 6.29. The van der Waals surface area contributed by atoms with Crippen molar-refractivity contribution in [3.05, 3.63) is 28.8 Å². The summed E-state index contributed by atoms with van der Waals surface area (Å²) in [6.07, 6.45) is 0. The lowest BCUT2D eigenvalue weighted by Crippen LogP contribution is -2.25. The first-order valence-electron chi connectivity index (χ1n) is 4.40. The molecule has 0 fully saturated rings. The quantitative estimate of drug-likeness (QED) is 0.578. The molecule has 0 aliphatic heterocycles. The van der Waals surface area contributed by atoms with Crippen molar-refractivity contribution in [2.45, 2.75) is 33.9 Å². The van der Waals surface area contributed by atoms with Crippen LogP contribution < -0.4 is 5.19 Å². The summed E-state index contributed by atoms with van der Waals surface area (Å²) in [5.41, 5.74) is 4.32. The van der Waals surface area contributed by atoms with Gasteiger partial charge < -0.3 is 0 Å². The van der Waals surface area contributed by atoms with Crippen LogP contribution >= 0.6 is 0 Å². The summed E-state index contributed by atoms with van der Waals surface area (Å²) in [5, 5.41) is 1.59. The molecule has 0 atom stereocenters. The van der Waals surface area contributed by atoms with Crippen molar-refractivity contribution in [2.24, 2.45) is 0 Å². The fourth-order valence-corrected chi connectivity index (χ4v) is 2.87. The molecule has 0 aliphatic carbocycles. The zero-order valence-electron chi connectivity index (χ0n) is 8.65. The highest BCUT2D eigenvalue weighted by Crippen LogP contribution is 2.08. The Labute approximate surface area is 77.2 Å². The van der Waals surface area contributed by atoms with E-state index in [9.17, 15) is 0 Å². The minimum atomic E-state index is -0.281. The van der Waals surface area contributed by atoms with E-state index in [2.05, 4.69) is 46.0 Å². The number of hydrogen-bond donors (Lipinski definition) is 0. The summed E-state index contributed by atoms with van der Waals surface area (Å²) < 4.78 is 0. The van der Waals surface area contributed by atoms with Gasteiger partial charge in [-0.15, -0.1) is 0 Å². The van der Waals surface area contributed by atoms with Crippen molar-refractivity contribution in [3.8, 4) is 0 Å². The molecule has 0 spiro atoms. The Bertz CT molecular complexity index is 287. The van der Waals surface area contributed by atoms with E-state index in [-0.39, 0.29) is 8.80 Å². The lowest BCUT2D eigenvalue weighted by Gasteiger charge is -2.11. The van der Waals surface area contributed by atoms with Crippen LogP contribution in [0.25, 0.3) is 0 Å². The minimum absolute atomic E-state index is 0.281. The molecule has 0 saturated carbocycles. The van der Waals surface area contributed by atoms with E-state index in [1.807, 2.05) is 0 Å². The van der Waals surface area contributed by atoms with Crippen LogP contribution in [0.5, 0.6) is 0 Å². The highest BCUT2D eigenvalue weighted by Gasteiger charge is 2.05. The Morgan fingerprint density at radius 2 is 1.33 bits per heavy atom. The van der Waals surface area contributed by atoms with Crippen LogP contribution in [0.2, 0.25) is 13.1 Å². The van der Waals surface area contributed by atoms with Gasteiger partial charge in [-0.3, -0.25) is 0 Å². The molecule has 1 aromatic carbocycles. The van der Waals surface area contributed by atoms with E-state index in [1.165, 1.54) is 16.7 Å². The average Bonchev–Trinajstić information content (AvgIpc) is 1.96. The Balaban J connectivity index is 3.23. The van der Waals surface area contributed by atoms with Crippen molar-refractivity contribution in [1.82, 2.24) is 0 Å². The molecule has 0 amide bonds. The molecule has 0 heterocycles. The van der Waals surface area contributed by atoms with Gasteiger partial charge in [0.15, 0.2) is 0 Å².